The van der Waals surface area contributed by atoms with Crippen LogP contribution in [0.3, 0.4) is 0 Å². The van der Waals surface area contributed by atoms with Crippen molar-refractivity contribution in [1.82, 2.24) is 15.3 Å². The largest absolute Gasteiger partial charge is 0.493 e. The summed E-state index contributed by atoms with van der Waals surface area (Å²) in [5.41, 5.74) is 3.41. The lowest BCUT2D eigenvalue weighted by Gasteiger charge is -2.26. The number of carbonyl (C=O) groups excluding carboxylic acids is 3. The van der Waals surface area contributed by atoms with Gasteiger partial charge in [-0.05, 0) is 67.4 Å². The van der Waals surface area contributed by atoms with E-state index in [2.05, 4.69) is 5.43 Å². The number of hydrogen-bond donors (Lipinski definition) is 1. The van der Waals surface area contributed by atoms with Crippen molar-refractivity contribution in [2.75, 3.05) is 26.8 Å². The van der Waals surface area contributed by atoms with Crippen molar-refractivity contribution in [3.63, 3.8) is 0 Å². The minimum absolute atomic E-state index is 0.0525. The maximum atomic E-state index is 12.9. The molecule has 0 unspecified atom stereocenters. The molecule has 0 aliphatic carbocycles. The van der Waals surface area contributed by atoms with E-state index in [1.807, 2.05) is 4.90 Å². The molecule has 3 amide bonds. The predicted molar refractivity (Wildman–Crippen MR) is 143 cm³/mol. The van der Waals surface area contributed by atoms with Crippen LogP contribution in [0.5, 0.6) is 11.5 Å². The third kappa shape index (κ3) is 6.00. The van der Waals surface area contributed by atoms with Gasteiger partial charge in [0.25, 0.3) is 17.7 Å². The molecule has 2 aliphatic rings. The number of hydrogen-bond acceptors (Lipinski definition) is 7. The molecular weight excluding hydrogens is 522 g/mol. The molecule has 8 nitrogen and oxygen atoms in total. The van der Waals surface area contributed by atoms with Gasteiger partial charge in [-0.25, -0.2) is 0 Å². The summed E-state index contributed by atoms with van der Waals surface area (Å²) in [4.78, 5) is 40.1. The molecule has 0 atom stereocenters. The van der Waals surface area contributed by atoms with Crippen LogP contribution in [-0.2, 0) is 9.59 Å². The molecular formula is C25H24ClN3O5S2. The van der Waals surface area contributed by atoms with Gasteiger partial charge in [-0.15, -0.1) is 0 Å². The second-order valence-electron chi connectivity index (χ2n) is 8.08. The van der Waals surface area contributed by atoms with E-state index in [4.69, 9.17) is 33.3 Å². The van der Waals surface area contributed by atoms with Crippen LogP contribution < -0.4 is 14.9 Å². The summed E-state index contributed by atoms with van der Waals surface area (Å²) in [7, 11) is 1.50. The van der Waals surface area contributed by atoms with E-state index in [-0.39, 0.29) is 27.4 Å². The third-order valence-electron chi connectivity index (χ3n) is 5.67. The number of nitrogens with zero attached hydrogens (tertiary/aromatic N) is 2. The smallest absolute Gasteiger partial charge is 0.285 e. The number of benzene rings is 2. The number of thiocarbonyl (C=S) groups is 1. The number of ether oxygens (including phenoxy) is 2. The summed E-state index contributed by atoms with van der Waals surface area (Å²) in [5, 5.41) is 1.29. The van der Waals surface area contributed by atoms with E-state index in [9.17, 15) is 14.4 Å². The van der Waals surface area contributed by atoms with Crippen molar-refractivity contribution in [2.45, 2.75) is 19.3 Å². The van der Waals surface area contributed by atoms with Gasteiger partial charge in [0.1, 0.15) is 0 Å². The Kier molecular flexibility index (Phi) is 8.50. The first kappa shape index (κ1) is 26.0. The topological polar surface area (TPSA) is 88.2 Å². The maximum Gasteiger partial charge on any atom is 0.285 e. The molecule has 188 valence electrons. The van der Waals surface area contributed by atoms with E-state index in [1.165, 1.54) is 7.11 Å². The number of likely N-dealkylation sites (tertiary alicyclic amines) is 1. The quantitative estimate of drug-likeness (QED) is 0.410. The number of halogens is 1. The van der Waals surface area contributed by atoms with Crippen molar-refractivity contribution >= 4 is 63.7 Å². The highest BCUT2D eigenvalue weighted by Crippen LogP contribution is 2.34. The zero-order valence-electron chi connectivity index (χ0n) is 19.5. The van der Waals surface area contributed by atoms with Gasteiger partial charge in [0, 0.05) is 13.1 Å². The Labute approximate surface area is 223 Å². The molecule has 0 bridgehead atoms. The van der Waals surface area contributed by atoms with E-state index in [0.29, 0.717) is 22.0 Å². The van der Waals surface area contributed by atoms with Crippen LogP contribution in [0.1, 0.15) is 35.2 Å². The Morgan fingerprint density at radius 3 is 2.61 bits per heavy atom. The molecule has 36 heavy (non-hydrogen) atoms. The summed E-state index contributed by atoms with van der Waals surface area (Å²) >= 11 is 12.4. The molecule has 2 fully saturated rings. The van der Waals surface area contributed by atoms with Crippen molar-refractivity contribution in [3.05, 3.63) is 63.5 Å². The summed E-state index contributed by atoms with van der Waals surface area (Å²) in [6, 6.07) is 11.7. The van der Waals surface area contributed by atoms with Crippen LogP contribution in [-0.4, -0.2) is 58.8 Å². The average molecular weight is 546 g/mol. The lowest BCUT2D eigenvalue weighted by atomic mass is 10.1. The molecule has 1 N–H and O–H groups in total. The highest BCUT2D eigenvalue weighted by Gasteiger charge is 2.34. The molecule has 2 aliphatic heterocycles. The van der Waals surface area contributed by atoms with Gasteiger partial charge in [-0.2, -0.15) is 5.01 Å². The Hall–Kier alpha value is -3.08. The van der Waals surface area contributed by atoms with Crippen LogP contribution in [0.15, 0.2) is 47.4 Å². The van der Waals surface area contributed by atoms with Crippen LogP contribution in [0, 0.1) is 0 Å². The van der Waals surface area contributed by atoms with Crippen LogP contribution >= 0.6 is 35.6 Å². The van der Waals surface area contributed by atoms with Gasteiger partial charge in [0.2, 0.25) is 0 Å². The van der Waals surface area contributed by atoms with Gasteiger partial charge in [-0.1, -0.05) is 41.6 Å². The number of hydrazine groups is 1. The summed E-state index contributed by atoms with van der Waals surface area (Å²) in [5.74, 6) is -0.196. The van der Waals surface area contributed by atoms with E-state index in [0.717, 1.165) is 49.1 Å². The molecule has 2 saturated heterocycles. The highest BCUT2D eigenvalue weighted by atomic mass is 35.5. The fourth-order valence-electron chi connectivity index (χ4n) is 3.79. The SMILES string of the molecule is COc1cc(/C=C2/SC(=S)N(NC(=O)c3ccccc3Cl)C2=O)ccc1OCC(=O)N1CCCCC1. The molecule has 2 aromatic rings. The Balaban J connectivity index is 1.43. The van der Waals surface area contributed by atoms with Crippen molar-refractivity contribution in [3.8, 4) is 11.5 Å². The maximum absolute atomic E-state index is 12.9. The van der Waals surface area contributed by atoms with Crippen molar-refractivity contribution in [2.24, 2.45) is 0 Å². The van der Waals surface area contributed by atoms with Crippen LogP contribution in [0.4, 0.5) is 0 Å². The minimum atomic E-state index is -0.541. The number of nitrogens with one attached hydrogen (secondary N) is 1. The standard InChI is InChI=1S/C25H24ClN3O5S2/c1-33-20-13-16(9-10-19(20)34-15-22(30)28-11-5-2-6-12-28)14-21-24(32)29(25(35)36-21)27-23(31)17-7-3-4-8-18(17)26/h3-4,7-10,13-14H,2,5-6,11-12,15H2,1H3,(H,27,31)/b21-14+. The first-order valence-corrected chi connectivity index (χ1v) is 12.9. The predicted octanol–water partition coefficient (Wildman–Crippen LogP) is 4.29. The summed E-state index contributed by atoms with van der Waals surface area (Å²) < 4.78 is 11.3. The van der Waals surface area contributed by atoms with E-state index >= 15 is 0 Å². The fraction of sp³-hybridized carbons (Fsp3) is 0.280. The van der Waals surface area contributed by atoms with Gasteiger partial charge < -0.3 is 14.4 Å². The van der Waals surface area contributed by atoms with Crippen molar-refractivity contribution < 1.29 is 23.9 Å². The number of piperidine rings is 1. The average Bonchev–Trinajstić information content (AvgIpc) is 3.15. The third-order valence-corrected chi connectivity index (χ3v) is 7.30. The molecule has 0 radical (unpaired) electrons. The highest BCUT2D eigenvalue weighted by molar-refractivity contribution is 8.26. The normalized spacial score (nSPS) is 16.9. The molecule has 11 heteroatoms. The number of rotatable bonds is 7. The zero-order valence-corrected chi connectivity index (χ0v) is 21.9. The lowest BCUT2D eigenvalue weighted by molar-refractivity contribution is -0.134. The Bertz CT molecular complexity index is 1230. The monoisotopic (exact) mass is 545 g/mol. The molecule has 2 aromatic carbocycles. The first-order chi connectivity index (χ1) is 17.4. The van der Waals surface area contributed by atoms with Gasteiger partial charge in [0.05, 0.1) is 22.6 Å². The van der Waals surface area contributed by atoms with E-state index < -0.39 is 11.8 Å². The molecule has 0 saturated carbocycles. The Morgan fingerprint density at radius 2 is 1.89 bits per heavy atom. The summed E-state index contributed by atoms with van der Waals surface area (Å²) in [6.07, 6.45) is 4.82. The van der Waals surface area contributed by atoms with Crippen LogP contribution in [0.2, 0.25) is 5.02 Å². The number of thioether (sulfide) groups is 1. The number of carbonyl (C=O) groups is 3. The van der Waals surface area contributed by atoms with Gasteiger partial charge >= 0.3 is 0 Å². The molecule has 2 heterocycles. The minimum Gasteiger partial charge on any atom is -0.493 e. The zero-order chi connectivity index (χ0) is 25.7. The second-order valence-corrected chi connectivity index (χ2v) is 10.2. The van der Waals surface area contributed by atoms with Crippen LogP contribution in [0.25, 0.3) is 6.08 Å². The van der Waals surface area contributed by atoms with E-state index in [1.54, 1.807) is 48.5 Å². The van der Waals surface area contributed by atoms with Gasteiger partial charge in [-0.3, -0.25) is 19.8 Å². The Morgan fingerprint density at radius 1 is 1.14 bits per heavy atom. The van der Waals surface area contributed by atoms with Gasteiger partial charge in [0.15, 0.2) is 22.4 Å². The fourth-order valence-corrected chi connectivity index (χ4v) is 5.19. The first-order valence-electron chi connectivity index (χ1n) is 11.3. The lowest BCUT2D eigenvalue weighted by Crippen LogP contribution is -2.44. The molecule has 0 aromatic heterocycles. The second kappa shape index (κ2) is 11.8. The molecule has 0 spiro atoms. The summed E-state index contributed by atoms with van der Waals surface area (Å²) in [6.45, 7) is 1.45. The molecule has 4 rings (SSSR count). The van der Waals surface area contributed by atoms with Crippen molar-refractivity contribution in [1.29, 1.82) is 0 Å². The number of amides is 3. The number of methoxy groups -OCH3 is 1.